The standard InChI is InChI=1S/C14H22N2O4S/c1-16(2)21(18,19)13-6-4-3-5-12(13)15-11-14(17)7-9-20-10-8-14/h3-6,15,17H,7-11H2,1-2H3. The predicted molar refractivity (Wildman–Crippen MR) is 80.8 cm³/mol. The smallest absolute Gasteiger partial charge is 0.244 e. The minimum Gasteiger partial charge on any atom is -0.388 e. The molecule has 1 fully saturated rings. The van der Waals surface area contributed by atoms with Crippen molar-refractivity contribution in [1.82, 2.24) is 4.31 Å². The van der Waals surface area contributed by atoms with Crippen LogP contribution in [0.5, 0.6) is 0 Å². The number of sulfonamides is 1. The van der Waals surface area contributed by atoms with Gasteiger partial charge in [0.1, 0.15) is 4.90 Å². The number of aliphatic hydroxyl groups is 1. The fourth-order valence-corrected chi connectivity index (χ4v) is 3.28. The monoisotopic (exact) mass is 314 g/mol. The van der Waals surface area contributed by atoms with Crippen LogP contribution in [0.2, 0.25) is 0 Å². The maximum Gasteiger partial charge on any atom is 0.244 e. The zero-order valence-electron chi connectivity index (χ0n) is 12.4. The number of benzene rings is 1. The van der Waals surface area contributed by atoms with E-state index in [1.165, 1.54) is 18.4 Å². The summed E-state index contributed by atoms with van der Waals surface area (Å²) >= 11 is 0. The molecule has 0 aliphatic carbocycles. The van der Waals surface area contributed by atoms with Crippen molar-refractivity contribution < 1.29 is 18.3 Å². The topological polar surface area (TPSA) is 78.9 Å². The third kappa shape index (κ3) is 3.74. The third-order valence-electron chi connectivity index (χ3n) is 3.68. The van der Waals surface area contributed by atoms with E-state index in [-0.39, 0.29) is 4.90 Å². The van der Waals surface area contributed by atoms with Crippen LogP contribution in [0.4, 0.5) is 5.69 Å². The molecule has 0 bridgehead atoms. The van der Waals surface area contributed by atoms with Crippen LogP contribution < -0.4 is 5.32 Å². The third-order valence-corrected chi connectivity index (χ3v) is 5.55. The minimum absolute atomic E-state index is 0.214. The highest BCUT2D eigenvalue weighted by atomic mass is 32.2. The summed E-state index contributed by atoms with van der Waals surface area (Å²) in [5.74, 6) is 0. The fourth-order valence-electron chi connectivity index (χ4n) is 2.22. The maximum atomic E-state index is 12.3. The molecular weight excluding hydrogens is 292 g/mol. The summed E-state index contributed by atoms with van der Waals surface area (Å²) in [5.41, 5.74) is -0.348. The molecule has 1 aromatic rings. The lowest BCUT2D eigenvalue weighted by Gasteiger charge is -2.32. The van der Waals surface area contributed by atoms with E-state index in [0.717, 1.165) is 0 Å². The van der Waals surface area contributed by atoms with E-state index < -0.39 is 15.6 Å². The lowest BCUT2D eigenvalue weighted by molar-refractivity contribution is -0.0543. The first kappa shape index (κ1) is 16.2. The van der Waals surface area contributed by atoms with Gasteiger partial charge >= 0.3 is 0 Å². The van der Waals surface area contributed by atoms with Crippen LogP contribution in [-0.4, -0.2) is 57.3 Å². The van der Waals surface area contributed by atoms with Gasteiger partial charge in [0.25, 0.3) is 0 Å². The van der Waals surface area contributed by atoms with Crippen molar-refractivity contribution in [3.63, 3.8) is 0 Å². The quantitative estimate of drug-likeness (QED) is 0.844. The van der Waals surface area contributed by atoms with E-state index in [1.54, 1.807) is 24.3 Å². The molecule has 6 nitrogen and oxygen atoms in total. The first-order valence-electron chi connectivity index (χ1n) is 6.91. The second-order valence-electron chi connectivity index (χ2n) is 5.47. The molecule has 0 atom stereocenters. The normalized spacial score (nSPS) is 18.7. The molecule has 1 aliphatic rings. The molecule has 1 aliphatic heterocycles. The Bertz CT molecular complexity index is 580. The predicted octanol–water partition coefficient (Wildman–Crippen LogP) is 0.890. The number of hydrogen-bond acceptors (Lipinski definition) is 5. The highest BCUT2D eigenvalue weighted by Gasteiger charge is 2.30. The summed E-state index contributed by atoms with van der Waals surface area (Å²) < 4.78 is 31.0. The Morgan fingerprint density at radius 3 is 2.52 bits per heavy atom. The molecule has 2 N–H and O–H groups in total. The average Bonchev–Trinajstić information content (AvgIpc) is 2.46. The summed E-state index contributed by atoms with van der Waals surface area (Å²) in [4.78, 5) is 0.214. The Balaban J connectivity index is 2.18. The average molecular weight is 314 g/mol. The number of nitrogens with zero attached hydrogens (tertiary/aromatic N) is 1. The van der Waals surface area contributed by atoms with Gasteiger partial charge in [-0.25, -0.2) is 12.7 Å². The molecule has 1 heterocycles. The van der Waals surface area contributed by atoms with Crippen LogP contribution in [0.1, 0.15) is 12.8 Å². The molecule has 0 amide bonds. The molecule has 7 heteroatoms. The van der Waals surface area contributed by atoms with E-state index in [1.807, 2.05) is 0 Å². The van der Waals surface area contributed by atoms with E-state index in [0.29, 0.717) is 38.3 Å². The van der Waals surface area contributed by atoms with Gasteiger partial charge in [0, 0.05) is 46.7 Å². The molecule has 0 radical (unpaired) electrons. The highest BCUT2D eigenvalue weighted by molar-refractivity contribution is 7.89. The summed E-state index contributed by atoms with van der Waals surface area (Å²) in [7, 11) is -0.519. The SMILES string of the molecule is CN(C)S(=O)(=O)c1ccccc1NCC1(O)CCOCC1. The van der Waals surface area contributed by atoms with Gasteiger partial charge in [0.05, 0.1) is 11.3 Å². The molecule has 118 valence electrons. The molecule has 0 unspecified atom stereocenters. The van der Waals surface area contributed by atoms with E-state index >= 15 is 0 Å². The van der Waals surface area contributed by atoms with Gasteiger partial charge < -0.3 is 15.2 Å². The second-order valence-corrected chi connectivity index (χ2v) is 7.59. The zero-order chi connectivity index (χ0) is 15.5. The number of ether oxygens (including phenoxy) is 1. The Kier molecular flexibility index (Phi) is 4.88. The zero-order valence-corrected chi connectivity index (χ0v) is 13.2. The van der Waals surface area contributed by atoms with Crippen LogP contribution >= 0.6 is 0 Å². The minimum atomic E-state index is -3.52. The number of anilines is 1. The molecule has 21 heavy (non-hydrogen) atoms. The van der Waals surface area contributed by atoms with Crippen molar-refractivity contribution in [1.29, 1.82) is 0 Å². The number of nitrogens with one attached hydrogen (secondary N) is 1. The number of para-hydroxylation sites is 1. The summed E-state index contributed by atoms with van der Waals surface area (Å²) in [6.07, 6.45) is 1.09. The molecular formula is C14H22N2O4S. The van der Waals surface area contributed by atoms with Gasteiger partial charge in [0.2, 0.25) is 10.0 Å². The molecule has 0 saturated carbocycles. The Hall–Kier alpha value is -1.15. The Morgan fingerprint density at radius 1 is 1.29 bits per heavy atom. The van der Waals surface area contributed by atoms with Crippen LogP contribution in [0.3, 0.4) is 0 Å². The van der Waals surface area contributed by atoms with Crippen molar-refractivity contribution in [3.8, 4) is 0 Å². The van der Waals surface area contributed by atoms with Gasteiger partial charge in [0.15, 0.2) is 0 Å². The fraction of sp³-hybridized carbons (Fsp3) is 0.571. The van der Waals surface area contributed by atoms with Gasteiger partial charge in [-0.1, -0.05) is 12.1 Å². The van der Waals surface area contributed by atoms with Crippen LogP contribution in [-0.2, 0) is 14.8 Å². The van der Waals surface area contributed by atoms with Crippen LogP contribution in [0.25, 0.3) is 0 Å². The molecule has 2 rings (SSSR count). The van der Waals surface area contributed by atoms with E-state index in [2.05, 4.69) is 5.32 Å². The van der Waals surface area contributed by atoms with Crippen molar-refractivity contribution >= 4 is 15.7 Å². The van der Waals surface area contributed by atoms with Crippen LogP contribution in [0, 0.1) is 0 Å². The molecule has 0 spiro atoms. The first-order chi connectivity index (χ1) is 9.85. The molecule has 0 aromatic heterocycles. The maximum absolute atomic E-state index is 12.3. The first-order valence-corrected chi connectivity index (χ1v) is 8.35. The van der Waals surface area contributed by atoms with Gasteiger partial charge in [-0.2, -0.15) is 0 Å². The van der Waals surface area contributed by atoms with Gasteiger partial charge in [-0.3, -0.25) is 0 Å². The van der Waals surface area contributed by atoms with E-state index in [9.17, 15) is 13.5 Å². The lowest BCUT2D eigenvalue weighted by Crippen LogP contribution is -2.42. The van der Waals surface area contributed by atoms with Crippen molar-refractivity contribution in [2.45, 2.75) is 23.3 Å². The van der Waals surface area contributed by atoms with Crippen molar-refractivity contribution in [2.75, 3.05) is 39.2 Å². The lowest BCUT2D eigenvalue weighted by atomic mass is 9.94. The van der Waals surface area contributed by atoms with Crippen LogP contribution in [0.15, 0.2) is 29.2 Å². The van der Waals surface area contributed by atoms with E-state index in [4.69, 9.17) is 4.74 Å². The number of hydrogen-bond donors (Lipinski definition) is 2. The molecule has 1 saturated heterocycles. The van der Waals surface area contributed by atoms with Gasteiger partial charge in [-0.05, 0) is 12.1 Å². The van der Waals surface area contributed by atoms with Gasteiger partial charge in [-0.15, -0.1) is 0 Å². The second kappa shape index (κ2) is 6.31. The molecule has 1 aromatic carbocycles. The Labute approximate surface area is 125 Å². The summed E-state index contributed by atoms with van der Waals surface area (Å²) in [6.45, 7) is 1.35. The largest absolute Gasteiger partial charge is 0.388 e. The van der Waals surface area contributed by atoms with Crippen molar-refractivity contribution in [3.05, 3.63) is 24.3 Å². The highest BCUT2D eigenvalue weighted by Crippen LogP contribution is 2.26. The summed E-state index contributed by atoms with van der Waals surface area (Å²) in [5, 5.41) is 13.5. The Morgan fingerprint density at radius 2 is 1.90 bits per heavy atom. The van der Waals surface area contributed by atoms with Crippen molar-refractivity contribution in [2.24, 2.45) is 0 Å². The number of rotatable bonds is 5. The summed E-state index contributed by atoms with van der Waals surface area (Å²) in [6, 6.07) is 6.72.